The molecule has 0 unspecified atom stereocenters. The summed E-state index contributed by atoms with van der Waals surface area (Å²) < 4.78 is 97.0. The van der Waals surface area contributed by atoms with Gasteiger partial charge in [0.25, 0.3) is 0 Å². The molecular weight excluding hydrogens is 615 g/mol. The minimum Gasteiger partial charge on any atom is -0.208 e. The monoisotopic (exact) mass is 654 g/mol. The highest BCUT2D eigenvalue weighted by molar-refractivity contribution is 7.25. The van der Waals surface area contributed by atoms with E-state index < -0.39 is 59.9 Å². The SMILES string of the molecule is [2H]c1c([2H])c([2H])c(-c2c([2H])c([2H])c3sc4c([2H])c(-c5nc(-c6ccc(-c7ccccc7)cc6)nc(-c6ccc(-c7ccccc7)cc6)n5)c([2H])c([2H])c4c3c2[2H])c([2H])c1[2H]. The van der Waals surface area contributed by atoms with Crippen LogP contribution in [0.15, 0.2) is 176 Å². The second kappa shape index (κ2) is 12.4. The van der Waals surface area contributed by atoms with E-state index in [1.165, 1.54) is 0 Å². The average molecular weight is 655 g/mol. The maximum atomic E-state index is 9.51. The molecule has 0 aliphatic carbocycles. The number of nitrogens with zero attached hydrogens (tertiary/aromatic N) is 3. The molecule has 230 valence electrons. The molecule has 0 saturated carbocycles. The van der Waals surface area contributed by atoms with Crippen molar-refractivity contribution in [3.63, 3.8) is 0 Å². The van der Waals surface area contributed by atoms with E-state index in [0.29, 0.717) is 11.1 Å². The van der Waals surface area contributed by atoms with E-state index in [1.807, 2.05) is 109 Å². The maximum Gasteiger partial charge on any atom is 0.164 e. The molecule has 0 saturated heterocycles. The molecule has 2 heterocycles. The van der Waals surface area contributed by atoms with Crippen LogP contribution >= 0.6 is 11.3 Å². The first kappa shape index (κ1) is 19.6. The minimum absolute atomic E-state index is 0.00312. The summed E-state index contributed by atoms with van der Waals surface area (Å²) in [6, 6.07) is 29.5. The molecule has 0 radical (unpaired) electrons. The van der Waals surface area contributed by atoms with Crippen LogP contribution in [0.2, 0.25) is 0 Å². The summed E-state index contributed by atoms with van der Waals surface area (Å²) in [6.45, 7) is 0. The molecule has 0 spiro atoms. The summed E-state index contributed by atoms with van der Waals surface area (Å²) in [6.07, 6.45) is 0. The second-order valence-electron chi connectivity index (χ2n) is 11.2. The Bertz CT molecular complexity index is 3060. The van der Waals surface area contributed by atoms with Crippen LogP contribution in [0.4, 0.5) is 0 Å². The van der Waals surface area contributed by atoms with E-state index in [9.17, 15) is 5.48 Å². The number of hydrogen-bond acceptors (Lipinski definition) is 4. The zero-order valence-corrected chi connectivity index (χ0v) is 26.5. The van der Waals surface area contributed by atoms with Crippen molar-refractivity contribution in [2.45, 2.75) is 0 Å². The number of aromatic nitrogens is 3. The maximum absolute atomic E-state index is 9.51. The molecule has 7 aromatic carbocycles. The minimum atomic E-state index is -0.658. The smallest absolute Gasteiger partial charge is 0.164 e. The van der Waals surface area contributed by atoms with Crippen LogP contribution in [-0.2, 0) is 0 Å². The first-order chi connectivity index (χ1) is 28.8. The van der Waals surface area contributed by atoms with Crippen LogP contribution in [0, 0.1) is 0 Å². The molecule has 0 N–H and O–H groups in total. The number of fused-ring (bicyclic) bond motifs is 3. The fraction of sp³-hybridized carbons (Fsp3) is 0. The molecule has 9 aromatic rings. The highest BCUT2D eigenvalue weighted by Gasteiger charge is 2.15. The Balaban J connectivity index is 1.26. The summed E-state index contributed by atoms with van der Waals surface area (Å²) in [5.41, 5.74) is 4.47. The van der Waals surface area contributed by atoms with Crippen LogP contribution in [0.3, 0.4) is 0 Å². The summed E-state index contributed by atoms with van der Waals surface area (Å²) in [5, 5.41) is -0.0197. The normalized spacial score (nSPS) is 14.4. The van der Waals surface area contributed by atoms with Crippen molar-refractivity contribution in [2.75, 3.05) is 0 Å². The van der Waals surface area contributed by atoms with Crippen LogP contribution in [0.1, 0.15) is 15.1 Å². The largest absolute Gasteiger partial charge is 0.208 e. The molecule has 0 atom stereocenters. The number of benzene rings is 7. The molecule has 0 amide bonds. The van der Waals surface area contributed by atoms with E-state index in [-0.39, 0.29) is 60.9 Å². The van der Waals surface area contributed by atoms with Crippen LogP contribution in [-0.4, -0.2) is 15.0 Å². The Labute approximate surface area is 304 Å². The lowest BCUT2D eigenvalue weighted by Crippen LogP contribution is -2.00. The Morgan fingerprint density at radius 1 is 0.347 bits per heavy atom. The van der Waals surface area contributed by atoms with Gasteiger partial charge in [0.2, 0.25) is 0 Å². The molecule has 0 bridgehead atoms. The number of rotatable bonds is 6. The van der Waals surface area contributed by atoms with E-state index in [4.69, 9.17) is 24.5 Å². The van der Waals surface area contributed by atoms with Gasteiger partial charge >= 0.3 is 0 Å². The summed E-state index contributed by atoms with van der Waals surface area (Å²) in [5.74, 6) is 0.510. The van der Waals surface area contributed by atoms with Crippen molar-refractivity contribution in [3.05, 3.63) is 176 Å². The van der Waals surface area contributed by atoms with Crippen molar-refractivity contribution in [2.24, 2.45) is 0 Å². The Hall–Kier alpha value is -6.23. The standard InChI is InChI=1S/C45H29N3S/c1-4-10-30(11-5-1)33-16-20-35(21-17-33)43-46-44(36-22-18-34(19-23-36)31-12-6-2-7-13-31)48-45(47-43)38-24-26-39-40-28-37(32-14-8-3-9-15-32)25-27-41(40)49-42(39)29-38/h1-29H/i3D,8D,9D,14D,15D,24D,25D,26D,27D,28D,29D. The van der Waals surface area contributed by atoms with Gasteiger partial charge in [-0.1, -0.05) is 158 Å². The second-order valence-corrected chi connectivity index (χ2v) is 12.2. The van der Waals surface area contributed by atoms with Gasteiger partial charge in [-0.05, 0) is 51.5 Å². The van der Waals surface area contributed by atoms with Gasteiger partial charge in [0.05, 0.1) is 15.1 Å². The van der Waals surface area contributed by atoms with Gasteiger partial charge in [0.15, 0.2) is 17.5 Å². The van der Waals surface area contributed by atoms with E-state index >= 15 is 0 Å². The summed E-state index contributed by atoms with van der Waals surface area (Å²) in [4.78, 5) is 14.5. The van der Waals surface area contributed by atoms with Crippen molar-refractivity contribution < 1.29 is 15.1 Å². The Kier molecular flexibility index (Phi) is 4.96. The number of thiophene rings is 1. The molecule has 49 heavy (non-hydrogen) atoms. The third-order valence-corrected chi connectivity index (χ3v) is 9.14. The Morgan fingerprint density at radius 2 is 0.837 bits per heavy atom. The highest BCUT2D eigenvalue weighted by atomic mass is 32.1. The van der Waals surface area contributed by atoms with Gasteiger partial charge < -0.3 is 0 Å². The lowest BCUT2D eigenvalue weighted by molar-refractivity contribution is 1.07. The van der Waals surface area contributed by atoms with Gasteiger partial charge in [-0.2, -0.15) is 0 Å². The van der Waals surface area contributed by atoms with E-state index in [1.54, 1.807) is 0 Å². The van der Waals surface area contributed by atoms with Crippen molar-refractivity contribution >= 4 is 31.5 Å². The third-order valence-electron chi connectivity index (χ3n) is 8.12. The quantitative estimate of drug-likeness (QED) is 0.179. The first-order valence-corrected chi connectivity index (χ1v) is 16.3. The first-order valence-electron chi connectivity index (χ1n) is 21.0. The third kappa shape index (κ3) is 5.69. The predicted octanol–water partition coefficient (Wildman–Crippen LogP) is 12.2. The topological polar surface area (TPSA) is 38.7 Å². The summed E-state index contributed by atoms with van der Waals surface area (Å²) >= 11 is 0.909. The number of hydrogen-bond donors (Lipinski definition) is 0. The zero-order valence-electron chi connectivity index (χ0n) is 36.6. The molecule has 2 aromatic heterocycles. The van der Waals surface area contributed by atoms with Crippen molar-refractivity contribution in [1.82, 2.24) is 15.0 Å². The van der Waals surface area contributed by atoms with Crippen LogP contribution < -0.4 is 0 Å². The van der Waals surface area contributed by atoms with Crippen molar-refractivity contribution in [3.8, 4) is 67.5 Å². The molecule has 9 rings (SSSR count). The lowest BCUT2D eigenvalue weighted by Gasteiger charge is -2.10. The van der Waals surface area contributed by atoms with E-state index in [2.05, 4.69) is 0 Å². The lowest BCUT2D eigenvalue weighted by atomic mass is 10.0. The fourth-order valence-electron chi connectivity index (χ4n) is 5.63. The van der Waals surface area contributed by atoms with Gasteiger partial charge in [0, 0.05) is 36.9 Å². The van der Waals surface area contributed by atoms with Crippen molar-refractivity contribution in [1.29, 1.82) is 0 Å². The average Bonchev–Trinajstić information content (AvgIpc) is 3.70. The van der Waals surface area contributed by atoms with Gasteiger partial charge in [-0.25, -0.2) is 15.0 Å². The molecule has 0 fully saturated rings. The van der Waals surface area contributed by atoms with Crippen LogP contribution in [0.5, 0.6) is 0 Å². The van der Waals surface area contributed by atoms with Gasteiger partial charge in [-0.15, -0.1) is 11.3 Å². The molecule has 4 heteroatoms. The molecule has 0 aliphatic heterocycles. The molecule has 3 nitrogen and oxygen atoms in total. The zero-order chi connectivity index (χ0) is 42.1. The Morgan fingerprint density at radius 3 is 1.41 bits per heavy atom. The predicted molar refractivity (Wildman–Crippen MR) is 205 cm³/mol. The molecule has 0 aliphatic rings. The summed E-state index contributed by atoms with van der Waals surface area (Å²) in [7, 11) is 0. The highest BCUT2D eigenvalue weighted by Crippen LogP contribution is 2.38. The van der Waals surface area contributed by atoms with Crippen LogP contribution in [0.25, 0.3) is 87.7 Å². The van der Waals surface area contributed by atoms with Gasteiger partial charge in [-0.3, -0.25) is 0 Å². The van der Waals surface area contributed by atoms with Gasteiger partial charge in [0.1, 0.15) is 0 Å². The van der Waals surface area contributed by atoms with E-state index in [0.717, 1.165) is 33.6 Å². The fourth-order valence-corrected chi connectivity index (χ4v) is 6.60. The molecular formula is C45H29N3S.